The number of halogens is 1. The molecule has 6 heteroatoms. The van der Waals surface area contributed by atoms with Gasteiger partial charge in [-0.1, -0.05) is 15.9 Å². The number of aliphatic hydroxyl groups is 1. The van der Waals surface area contributed by atoms with Gasteiger partial charge >= 0.3 is 0 Å². The van der Waals surface area contributed by atoms with E-state index in [2.05, 4.69) is 21.2 Å². The van der Waals surface area contributed by atoms with Gasteiger partial charge in [0.2, 0.25) is 0 Å². The molecule has 0 spiro atoms. The summed E-state index contributed by atoms with van der Waals surface area (Å²) in [6.07, 6.45) is 0.627. The summed E-state index contributed by atoms with van der Waals surface area (Å²) in [5.74, 6) is 0. The van der Waals surface area contributed by atoms with E-state index in [0.29, 0.717) is 18.5 Å². The number of nitro groups is 1. The van der Waals surface area contributed by atoms with Crippen molar-refractivity contribution < 1.29 is 10.0 Å². The molecule has 1 unspecified atom stereocenters. The molecule has 1 aromatic carbocycles. The molecule has 0 radical (unpaired) electrons. The van der Waals surface area contributed by atoms with Gasteiger partial charge in [-0.3, -0.25) is 10.1 Å². The third-order valence-electron chi connectivity index (χ3n) is 2.44. The molecule has 0 heterocycles. The van der Waals surface area contributed by atoms with Gasteiger partial charge in [0.15, 0.2) is 0 Å². The van der Waals surface area contributed by atoms with E-state index in [1.54, 1.807) is 12.1 Å². The Morgan fingerprint density at radius 3 is 2.88 bits per heavy atom. The zero-order valence-corrected chi connectivity index (χ0v) is 11.1. The lowest BCUT2D eigenvalue weighted by Crippen LogP contribution is -2.26. The van der Waals surface area contributed by atoms with Crippen LogP contribution in [0.2, 0.25) is 0 Å². The molecule has 0 bridgehead atoms. The summed E-state index contributed by atoms with van der Waals surface area (Å²) in [6, 6.07) is 4.99. The average molecular weight is 303 g/mol. The minimum absolute atomic E-state index is 0.106. The normalized spacial score (nSPS) is 12.4. The standard InChI is InChI=1S/C11H15BrN2O3/c1-8(4-5-15)13-7-9-6-10(12)2-3-11(9)14(16)17/h2-3,6,8,13,15H,4-5,7H2,1H3. The number of nitrogens with one attached hydrogen (secondary N) is 1. The lowest BCUT2D eigenvalue weighted by atomic mass is 10.1. The highest BCUT2D eigenvalue weighted by atomic mass is 79.9. The molecule has 94 valence electrons. The topological polar surface area (TPSA) is 75.4 Å². The van der Waals surface area contributed by atoms with Gasteiger partial charge < -0.3 is 10.4 Å². The molecule has 0 amide bonds. The fourth-order valence-corrected chi connectivity index (χ4v) is 1.86. The Hall–Kier alpha value is -0.980. The highest BCUT2D eigenvalue weighted by molar-refractivity contribution is 9.10. The van der Waals surface area contributed by atoms with Crippen LogP contribution >= 0.6 is 15.9 Å². The average Bonchev–Trinajstić information content (AvgIpc) is 2.26. The summed E-state index contributed by atoms with van der Waals surface area (Å²) in [4.78, 5) is 10.4. The van der Waals surface area contributed by atoms with Crippen LogP contribution in [0.25, 0.3) is 0 Å². The predicted molar refractivity (Wildman–Crippen MR) is 68.8 cm³/mol. The van der Waals surface area contributed by atoms with E-state index in [4.69, 9.17) is 5.11 Å². The smallest absolute Gasteiger partial charge is 0.273 e. The molecule has 0 aliphatic carbocycles. The number of rotatable bonds is 6. The molecule has 1 atom stereocenters. The zero-order chi connectivity index (χ0) is 12.8. The maximum Gasteiger partial charge on any atom is 0.273 e. The third-order valence-corrected chi connectivity index (χ3v) is 2.93. The van der Waals surface area contributed by atoms with E-state index in [-0.39, 0.29) is 23.3 Å². The number of nitro benzene ring substituents is 1. The molecule has 2 N–H and O–H groups in total. The van der Waals surface area contributed by atoms with Gasteiger partial charge in [0.1, 0.15) is 0 Å². The quantitative estimate of drug-likeness (QED) is 0.624. The lowest BCUT2D eigenvalue weighted by molar-refractivity contribution is -0.385. The Balaban J connectivity index is 2.75. The highest BCUT2D eigenvalue weighted by Crippen LogP contribution is 2.22. The van der Waals surface area contributed by atoms with E-state index in [9.17, 15) is 10.1 Å². The Labute approximate surface area is 108 Å². The first-order valence-electron chi connectivity index (χ1n) is 5.31. The van der Waals surface area contributed by atoms with Crippen LogP contribution in [0.5, 0.6) is 0 Å². The van der Waals surface area contributed by atoms with Gasteiger partial charge in [0.25, 0.3) is 5.69 Å². The van der Waals surface area contributed by atoms with Crippen LogP contribution in [-0.2, 0) is 6.54 Å². The molecule has 0 fully saturated rings. The molecule has 5 nitrogen and oxygen atoms in total. The summed E-state index contributed by atoms with van der Waals surface area (Å²) < 4.78 is 0.815. The van der Waals surface area contributed by atoms with Crippen molar-refractivity contribution in [1.29, 1.82) is 0 Å². The number of aliphatic hydroxyl groups excluding tert-OH is 1. The monoisotopic (exact) mass is 302 g/mol. The van der Waals surface area contributed by atoms with Crippen molar-refractivity contribution in [2.45, 2.75) is 25.9 Å². The summed E-state index contributed by atoms with van der Waals surface area (Å²) in [7, 11) is 0. The number of nitrogens with zero attached hydrogens (tertiary/aromatic N) is 1. The van der Waals surface area contributed by atoms with Crippen LogP contribution in [0.3, 0.4) is 0 Å². The van der Waals surface area contributed by atoms with Crippen molar-refractivity contribution >= 4 is 21.6 Å². The maximum absolute atomic E-state index is 10.8. The molecule has 0 aliphatic heterocycles. The molecule has 0 aliphatic rings. The number of benzene rings is 1. The summed E-state index contributed by atoms with van der Waals surface area (Å²) in [6.45, 7) is 2.45. The van der Waals surface area contributed by atoms with Crippen molar-refractivity contribution in [3.05, 3.63) is 38.3 Å². The van der Waals surface area contributed by atoms with E-state index in [0.717, 1.165) is 4.47 Å². The molecular formula is C11H15BrN2O3. The first-order chi connectivity index (χ1) is 8.04. The molecule has 1 rings (SSSR count). The minimum atomic E-state index is -0.389. The van der Waals surface area contributed by atoms with Gasteiger partial charge in [-0.25, -0.2) is 0 Å². The fraction of sp³-hybridized carbons (Fsp3) is 0.455. The Bertz CT molecular complexity index is 398. The van der Waals surface area contributed by atoms with Crippen molar-refractivity contribution in [3.8, 4) is 0 Å². The largest absolute Gasteiger partial charge is 0.396 e. The Kier molecular flexibility index (Phi) is 5.54. The molecular weight excluding hydrogens is 288 g/mol. The zero-order valence-electron chi connectivity index (χ0n) is 9.52. The Morgan fingerprint density at radius 1 is 1.59 bits per heavy atom. The van der Waals surface area contributed by atoms with Crippen LogP contribution < -0.4 is 5.32 Å². The molecule has 0 saturated carbocycles. The molecule has 0 aromatic heterocycles. The maximum atomic E-state index is 10.8. The molecule has 0 saturated heterocycles. The molecule has 1 aromatic rings. The van der Waals surface area contributed by atoms with E-state index < -0.39 is 0 Å². The van der Waals surface area contributed by atoms with Crippen molar-refractivity contribution in [2.75, 3.05) is 6.61 Å². The van der Waals surface area contributed by atoms with Gasteiger partial charge in [-0.05, 0) is 25.5 Å². The van der Waals surface area contributed by atoms with Gasteiger partial charge in [-0.15, -0.1) is 0 Å². The third kappa shape index (κ3) is 4.41. The second-order valence-electron chi connectivity index (χ2n) is 3.82. The van der Waals surface area contributed by atoms with Crippen molar-refractivity contribution in [1.82, 2.24) is 5.32 Å². The van der Waals surface area contributed by atoms with Gasteiger partial charge in [0, 0.05) is 35.3 Å². The fourth-order valence-electron chi connectivity index (χ4n) is 1.45. The second-order valence-corrected chi connectivity index (χ2v) is 4.74. The lowest BCUT2D eigenvalue weighted by Gasteiger charge is -2.12. The highest BCUT2D eigenvalue weighted by Gasteiger charge is 2.14. The van der Waals surface area contributed by atoms with Crippen LogP contribution in [0.15, 0.2) is 22.7 Å². The van der Waals surface area contributed by atoms with Crippen LogP contribution in [0, 0.1) is 10.1 Å². The summed E-state index contributed by atoms with van der Waals surface area (Å²) in [5, 5.41) is 22.7. The minimum Gasteiger partial charge on any atom is -0.396 e. The van der Waals surface area contributed by atoms with E-state index in [1.165, 1.54) is 6.07 Å². The number of hydrogen-bond acceptors (Lipinski definition) is 4. The van der Waals surface area contributed by atoms with Crippen LogP contribution in [-0.4, -0.2) is 22.7 Å². The van der Waals surface area contributed by atoms with E-state index >= 15 is 0 Å². The first-order valence-corrected chi connectivity index (χ1v) is 6.11. The van der Waals surface area contributed by atoms with Crippen LogP contribution in [0.4, 0.5) is 5.69 Å². The molecule has 17 heavy (non-hydrogen) atoms. The summed E-state index contributed by atoms with van der Waals surface area (Å²) in [5.41, 5.74) is 0.742. The number of hydrogen-bond donors (Lipinski definition) is 2. The first kappa shape index (κ1) is 14.1. The Morgan fingerprint density at radius 2 is 2.29 bits per heavy atom. The van der Waals surface area contributed by atoms with Gasteiger partial charge in [0.05, 0.1) is 4.92 Å². The van der Waals surface area contributed by atoms with Crippen LogP contribution in [0.1, 0.15) is 18.9 Å². The van der Waals surface area contributed by atoms with Crippen molar-refractivity contribution in [3.63, 3.8) is 0 Å². The second kappa shape index (κ2) is 6.68. The van der Waals surface area contributed by atoms with Gasteiger partial charge in [-0.2, -0.15) is 0 Å². The van der Waals surface area contributed by atoms with E-state index in [1.807, 2.05) is 6.92 Å². The van der Waals surface area contributed by atoms with Crippen molar-refractivity contribution in [2.24, 2.45) is 0 Å². The SMILES string of the molecule is CC(CCO)NCc1cc(Br)ccc1[N+](=O)[O-]. The predicted octanol–water partition coefficient (Wildman–Crippen LogP) is 2.22. The summed E-state index contributed by atoms with van der Waals surface area (Å²) >= 11 is 3.29.